The molecule has 8 nitrogen and oxygen atoms in total. The summed E-state index contributed by atoms with van der Waals surface area (Å²) in [6.07, 6.45) is 5.81. The first-order chi connectivity index (χ1) is 14.8. The monoisotopic (exact) mass is 429 g/mol. The van der Waals surface area contributed by atoms with Crippen LogP contribution in [0.3, 0.4) is 0 Å². The number of benzene rings is 1. The first-order valence-corrected chi connectivity index (χ1v) is 11.0. The van der Waals surface area contributed by atoms with E-state index in [4.69, 9.17) is 19.0 Å². The predicted molar refractivity (Wildman–Crippen MR) is 116 cm³/mol. The number of methoxy groups -OCH3 is 1. The van der Waals surface area contributed by atoms with Crippen molar-refractivity contribution in [3.63, 3.8) is 0 Å². The molecule has 3 aliphatic rings. The number of nitrogens with zero attached hydrogens (tertiary/aromatic N) is 3. The highest BCUT2D eigenvalue weighted by molar-refractivity contribution is 6.06. The Bertz CT molecular complexity index is 924. The normalized spacial score (nSPS) is 28.1. The minimum Gasteiger partial charge on any atom is -0.493 e. The van der Waals surface area contributed by atoms with Crippen molar-refractivity contribution in [3.05, 3.63) is 23.8 Å². The maximum atomic E-state index is 12.1. The third-order valence-electron chi connectivity index (χ3n) is 6.32. The first-order valence-electron chi connectivity index (χ1n) is 11.0. The Labute approximate surface area is 183 Å². The van der Waals surface area contributed by atoms with Crippen molar-refractivity contribution in [1.82, 2.24) is 5.01 Å². The zero-order valence-electron chi connectivity index (χ0n) is 18.9. The van der Waals surface area contributed by atoms with Crippen molar-refractivity contribution in [2.24, 2.45) is 10.3 Å². The fourth-order valence-electron chi connectivity index (χ4n) is 4.25. The molecule has 0 radical (unpaired) electrons. The van der Waals surface area contributed by atoms with Crippen molar-refractivity contribution >= 4 is 17.5 Å². The summed E-state index contributed by atoms with van der Waals surface area (Å²) in [6, 6.07) is 5.80. The van der Waals surface area contributed by atoms with Crippen molar-refractivity contribution in [1.29, 1.82) is 0 Å². The highest BCUT2D eigenvalue weighted by atomic mass is 16.7. The summed E-state index contributed by atoms with van der Waals surface area (Å²) in [4.78, 5) is 17.9. The van der Waals surface area contributed by atoms with Crippen LogP contribution in [-0.4, -0.2) is 47.1 Å². The maximum Gasteiger partial charge on any atom is 0.256 e. The third-order valence-corrected chi connectivity index (χ3v) is 6.32. The summed E-state index contributed by atoms with van der Waals surface area (Å²) in [5, 5.41) is 10.2. The fourth-order valence-corrected chi connectivity index (χ4v) is 4.25. The summed E-state index contributed by atoms with van der Waals surface area (Å²) < 4.78 is 17.8. The summed E-state index contributed by atoms with van der Waals surface area (Å²) in [5.41, 5.74) is -0.0360. The number of hydrogen-bond donors (Lipinski definition) is 0. The van der Waals surface area contributed by atoms with Crippen LogP contribution >= 0.6 is 0 Å². The van der Waals surface area contributed by atoms with Crippen LogP contribution in [0.15, 0.2) is 28.5 Å². The standard InChI is InChI=1S/C23H31N3O5/c1-6-23(4)26(15(2)27)24-21(30-23)22(3)14-18(25-31-22)16-11-12-19(28-5)20(13-16)29-17-9-7-8-10-17/h11-13,17H,6-10,14H2,1-5H3. The molecule has 1 aromatic carbocycles. The number of oxime groups is 1. The van der Waals surface area contributed by atoms with Crippen LogP contribution in [-0.2, 0) is 14.4 Å². The molecule has 2 aliphatic heterocycles. The molecular weight excluding hydrogens is 398 g/mol. The van der Waals surface area contributed by atoms with Gasteiger partial charge in [0.2, 0.25) is 17.2 Å². The molecule has 0 aromatic heterocycles. The van der Waals surface area contributed by atoms with Gasteiger partial charge in [-0.2, -0.15) is 5.01 Å². The zero-order chi connectivity index (χ0) is 22.2. The summed E-state index contributed by atoms with van der Waals surface area (Å²) in [7, 11) is 1.64. The van der Waals surface area contributed by atoms with Crippen LogP contribution in [0.2, 0.25) is 0 Å². The summed E-state index contributed by atoms with van der Waals surface area (Å²) in [5.74, 6) is 1.61. The fraction of sp³-hybridized carbons (Fsp3) is 0.609. The van der Waals surface area contributed by atoms with E-state index in [9.17, 15) is 4.79 Å². The van der Waals surface area contributed by atoms with E-state index < -0.39 is 11.3 Å². The van der Waals surface area contributed by atoms with Gasteiger partial charge in [-0.15, -0.1) is 5.10 Å². The summed E-state index contributed by atoms with van der Waals surface area (Å²) in [6.45, 7) is 7.16. The molecule has 1 saturated carbocycles. The van der Waals surface area contributed by atoms with Crippen molar-refractivity contribution in [3.8, 4) is 11.5 Å². The molecule has 8 heteroatoms. The van der Waals surface area contributed by atoms with E-state index in [2.05, 4.69) is 10.3 Å². The molecule has 1 aliphatic carbocycles. The van der Waals surface area contributed by atoms with Crippen LogP contribution in [0, 0.1) is 0 Å². The molecule has 0 spiro atoms. The number of carbonyl (C=O) groups is 1. The SMILES string of the molecule is CCC1(C)OC(C2(C)CC(c3ccc(OC)c(OC4CCCC4)c3)=NO2)=NN1C(C)=O. The highest BCUT2D eigenvalue weighted by Crippen LogP contribution is 2.38. The quantitative estimate of drug-likeness (QED) is 0.676. The van der Waals surface area contributed by atoms with Crippen LogP contribution < -0.4 is 9.47 Å². The van der Waals surface area contributed by atoms with Gasteiger partial charge in [-0.1, -0.05) is 12.1 Å². The molecule has 0 N–H and O–H groups in total. The number of ether oxygens (including phenoxy) is 3. The Hall–Kier alpha value is -2.77. The third kappa shape index (κ3) is 3.95. The van der Waals surface area contributed by atoms with E-state index in [1.54, 1.807) is 7.11 Å². The molecule has 0 bridgehead atoms. The van der Waals surface area contributed by atoms with Gasteiger partial charge < -0.3 is 19.0 Å². The van der Waals surface area contributed by atoms with Gasteiger partial charge in [0, 0.05) is 25.3 Å². The van der Waals surface area contributed by atoms with Gasteiger partial charge in [0.25, 0.3) is 5.90 Å². The molecular formula is C23H31N3O5. The number of amides is 1. The Morgan fingerprint density at radius 3 is 2.61 bits per heavy atom. The Balaban J connectivity index is 1.54. The second-order valence-corrected chi connectivity index (χ2v) is 8.79. The highest BCUT2D eigenvalue weighted by Gasteiger charge is 2.51. The van der Waals surface area contributed by atoms with Crippen molar-refractivity contribution in [2.45, 2.75) is 83.6 Å². The maximum absolute atomic E-state index is 12.1. The molecule has 31 heavy (non-hydrogen) atoms. The molecule has 168 valence electrons. The van der Waals surface area contributed by atoms with E-state index in [0.29, 0.717) is 24.5 Å². The van der Waals surface area contributed by atoms with E-state index >= 15 is 0 Å². The van der Waals surface area contributed by atoms with Crippen LogP contribution in [0.4, 0.5) is 0 Å². The largest absolute Gasteiger partial charge is 0.493 e. The first kappa shape index (κ1) is 21.5. The van der Waals surface area contributed by atoms with Gasteiger partial charge in [-0.05, 0) is 57.7 Å². The minimum absolute atomic E-state index is 0.175. The van der Waals surface area contributed by atoms with E-state index in [1.807, 2.05) is 39.0 Å². The Kier molecular flexibility index (Phi) is 5.58. The second-order valence-electron chi connectivity index (χ2n) is 8.79. The Morgan fingerprint density at radius 1 is 1.26 bits per heavy atom. The van der Waals surface area contributed by atoms with Gasteiger partial charge in [0.15, 0.2) is 11.5 Å². The van der Waals surface area contributed by atoms with Crippen molar-refractivity contribution in [2.75, 3.05) is 7.11 Å². The minimum atomic E-state index is -0.887. The molecule has 4 rings (SSSR count). The molecule has 1 fully saturated rings. The van der Waals surface area contributed by atoms with Gasteiger partial charge >= 0.3 is 0 Å². The van der Waals surface area contributed by atoms with Crippen molar-refractivity contribution < 1.29 is 23.8 Å². The molecule has 2 heterocycles. The smallest absolute Gasteiger partial charge is 0.256 e. The van der Waals surface area contributed by atoms with Gasteiger partial charge in [-0.3, -0.25) is 4.79 Å². The van der Waals surface area contributed by atoms with Gasteiger partial charge in [-0.25, -0.2) is 0 Å². The average Bonchev–Trinajstić information content (AvgIpc) is 3.48. The van der Waals surface area contributed by atoms with Crippen LogP contribution in [0.1, 0.15) is 71.8 Å². The lowest BCUT2D eigenvalue weighted by atomic mass is 9.95. The lowest BCUT2D eigenvalue weighted by Crippen LogP contribution is -2.45. The van der Waals surface area contributed by atoms with E-state index in [-0.39, 0.29) is 12.0 Å². The number of rotatable bonds is 6. The number of carbonyl (C=O) groups excluding carboxylic acids is 1. The van der Waals surface area contributed by atoms with Crippen LogP contribution in [0.5, 0.6) is 11.5 Å². The lowest BCUT2D eigenvalue weighted by Gasteiger charge is -2.30. The van der Waals surface area contributed by atoms with Gasteiger partial charge in [0.1, 0.15) is 0 Å². The Morgan fingerprint density at radius 2 is 2.00 bits per heavy atom. The van der Waals surface area contributed by atoms with Crippen LogP contribution in [0.25, 0.3) is 0 Å². The molecule has 0 saturated heterocycles. The second kappa shape index (κ2) is 8.05. The molecule has 1 aromatic rings. The average molecular weight is 430 g/mol. The predicted octanol–water partition coefficient (Wildman–Crippen LogP) is 4.22. The van der Waals surface area contributed by atoms with E-state index in [1.165, 1.54) is 24.8 Å². The molecule has 2 unspecified atom stereocenters. The number of hydrogen-bond acceptors (Lipinski definition) is 7. The molecule has 1 amide bonds. The van der Waals surface area contributed by atoms with Gasteiger partial charge in [0.05, 0.1) is 18.9 Å². The topological polar surface area (TPSA) is 81.9 Å². The lowest BCUT2D eigenvalue weighted by molar-refractivity contribution is -0.145. The molecule has 2 atom stereocenters. The summed E-state index contributed by atoms with van der Waals surface area (Å²) >= 11 is 0. The number of hydrazone groups is 1. The zero-order valence-corrected chi connectivity index (χ0v) is 18.9. The van der Waals surface area contributed by atoms with E-state index in [0.717, 1.165) is 29.9 Å².